The van der Waals surface area contributed by atoms with E-state index in [2.05, 4.69) is 24.1 Å². The van der Waals surface area contributed by atoms with E-state index in [1.54, 1.807) is 0 Å². The number of hydrogen-bond acceptors (Lipinski definition) is 5. The molecule has 0 unspecified atom stereocenters. The quantitative estimate of drug-likeness (QED) is 0.814. The fourth-order valence-electron chi connectivity index (χ4n) is 2.24. The summed E-state index contributed by atoms with van der Waals surface area (Å²) in [4.78, 5) is 8.60. The Bertz CT molecular complexity index is 373. The fraction of sp³-hybridized carbons (Fsp3) is 0.786. The molecule has 0 spiro atoms. The predicted molar refractivity (Wildman–Crippen MR) is 81.1 cm³/mol. The highest BCUT2D eigenvalue weighted by Crippen LogP contribution is 2.27. The maximum Gasteiger partial charge on any atom is 0.185 e. The van der Waals surface area contributed by atoms with E-state index in [-0.39, 0.29) is 0 Å². The fourth-order valence-corrected chi connectivity index (χ4v) is 3.41. The van der Waals surface area contributed by atoms with Gasteiger partial charge in [0, 0.05) is 31.1 Å². The zero-order valence-electron chi connectivity index (χ0n) is 12.1. The van der Waals surface area contributed by atoms with Crippen molar-refractivity contribution in [2.45, 2.75) is 39.7 Å². The monoisotopic (exact) mass is 283 g/mol. The minimum Gasteiger partial charge on any atom is -0.380 e. The number of aryl methyl sites for hydroxylation is 1. The van der Waals surface area contributed by atoms with Gasteiger partial charge in [0.1, 0.15) is 0 Å². The lowest BCUT2D eigenvalue weighted by Crippen LogP contribution is -2.25. The molecule has 1 fully saturated rings. The van der Waals surface area contributed by atoms with Gasteiger partial charge in [-0.2, -0.15) is 0 Å². The number of aromatic nitrogens is 1. The Labute approximate surface area is 120 Å². The first-order chi connectivity index (χ1) is 9.35. The predicted octanol–water partition coefficient (Wildman–Crippen LogP) is 2.43. The van der Waals surface area contributed by atoms with E-state index in [0.717, 1.165) is 52.2 Å². The van der Waals surface area contributed by atoms with Gasteiger partial charge in [-0.3, -0.25) is 0 Å². The maximum absolute atomic E-state index is 5.51. The van der Waals surface area contributed by atoms with Crippen molar-refractivity contribution in [3.8, 4) is 0 Å². The Morgan fingerprint density at radius 1 is 1.32 bits per heavy atom. The highest BCUT2D eigenvalue weighted by atomic mass is 32.1. The third-order valence-corrected chi connectivity index (χ3v) is 4.47. The summed E-state index contributed by atoms with van der Waals surface area (Å²) in [5.74, 6) is 0. The minimum absolute atomic E-state index is 0.824. The molecular weight excluding hydrogens is 258 g/mol. The highest BCUT2D eigenvalue weighted by Gasteiger charge is 2.16. The topological polar surface area (TPSA) is 37.4 Å². The van der Waals surface area contributed by atoms with Gasteiger partial charge in [-0.05, 0) is 25.8 Å². The van der Waals surface area contributed by atoms with Crippen LogP contribution in [-0.2, 0) is 17.7 Å². The summed E-state index contributed by atoms with van der Waals surface area (Å²) in [5.41, 5.74) is 1.26. The van der Waals surface area contributed by atoms with Gasteiger partial charge in [-0.15, -0.1) is 11.3 Å². The van der Waals surface area contributed by atoms with Crippen LogP contribution in [0, 0.1) is 0 Å². The van der Waals surface area contributed by atoms with Gasteiger partial charge in [-0.25, -0.2) is 4.98 Å². The largest absolute Gasteiger partial charge is 0.380 e. The molecule has 1 saturated heterocycles. The van der Waals surface area contributed by atoms with Crippen LogP contribution in [0.2, 0.25) is 0 Å². The summed E-state index contributed by atoms with van der Waals surface area (Å²) in [6.07, 6.45) is 3.30. The van der Waals surface area contributed by atoms with E-state index in [1.807, 2.05) is 11.3 Å². The second-order valence-corrected chi connectivity index (χ2v) is 5.91. The average Bonchev–Trinajstić information content (AvgIpc) is 2.65. The summed E-state index contributed by atoms with van der Waals surface area (Å²) in [7, 11) is 0. The number of rotatable bonds is 6. The van der Waals surface area contributed by atoms with Gasteiger partial charge in [0.2, 0.25) is 0 Å². The van der Waals surface area contributed by atoms with Crippen LogP contribution in [0.4, 0.5) is 5.13 Å². The maximum atomic E-state index is 5.51. The van der Waals surface area contributed by atoms with Crippen molar-refractivity contribution >= 4 is 16.5 Å². The lowest BCUT2D eigenvalue weighted by molar-refractivity contribution is 0.152. The molecule has 5 heteroatoms. The van der Waals surface area contributed by atoms with Gasteiger partial charge < -0.3 is 15.0 Å². The standard InChI is InChI=1S/C14H25N3OS/c1-3-6-15-11-13-12(4-2)16-14(19-13)17-7-5-9-18-10-8-17/h15H,3-11H2,1-2H3. The van der Waals surface area contributed by atoms with Crippen LogP contribution in [0.15, 0.2) is 0 Å². The molecule has 0 saturated carbocycles. The number of hydrogen-bond donors (Lipinski definition) is 1. The van der Waals surface area contributed by atoms with Gasteiger partial charge in [0.05, 0.1) is 12.3 Å². The number of anilines is 1. The van der Waals surface area contributed by atoms with Gasteiger partial charge >= 0.3 is 0 Å². The molecule has 1 aliphatic heterocycles. The van der Waals surface area contributed by atoms with Crippen molar-refractivity contribution in [1.82, 2.24) is 10.3 Å². The average molecular weight is 283 g/mol. The van der Waals surface area contributed by atoms with E-state index in [4.69, 9.17) is 9.72 Å². The molecule has 108 valence electrons. The van der Waals surface area contributed by atoms with Crippen LogP contribution in [-0.4, -0.2) is 37.8 Å². The first-order valence-corrected chi connectivity index (χ1v) is 8.18. The molecule has 0 bridgehead atoms. The second kappa shape index (κ2) is 7.82. The molecule has 1 N–H and O–H groups in total. The first-order valence-electron chi connectivity index (χ1n) is 7.37. The van der Waals surface area contributed by atoms with Crippen molar-refractivity contribution in [3.63, 3.8) is 0 Å². The third-order valence-electron chi connectivity index (χ3n) is 3.31. The Hall–Kier alpha value is -0.650. The minimum atomic E-state index is 0.824. The lowest BCUT2D eigenvalue weighted by atomic mass is 10.3. The Morgan fingerprint density at radius 3 is 3.00 bits per heavy atom. The summed E-state index contributed by atoms with van der Waals surface area (Å²) in [6.45, 7) is 10.2. The number of thiazole rings is 1. The molecule has 1 aromatic rings. The van der Waals surface area contributed by atoms with Gasteiger partial charge in [0.25, 0.3) is 0 Å². The van der Waals surface area contributed by atoms with E-state index in [0.29, 0.717) is 0 Å². The molecule has 0 aromatic carbocycles. The van der Waals surface area contributed by atoms with Crippen LogP contribution in [0.3, 0.4) is 0 Å². The number of ether oxygens (including phenoxy) is 1. The zero-order valence-corrected chi connectivity index (χ0v) is 12.9. The van der Waals surface area contributed by atoms with Crippen molar-refractivity contribution < 1.29 is 4.74 Å². The van der Waals surface area contributed by atoms with E-state index in [1.165, 1.54) is 22.1 Å². The molecule has 4 nitrogen and oxygen atoms in total. The van der Waals surface area contributed by atoms with E-state index >= 15 is 0 Å². The molecule has 1 aliphatic rings. The van der Waals surface area contributed by atoms with E-state index < -0.39 is 0 Å². The van der Waals surface area contributed by atoms with Crippen molar-refractivity contribution in [2.24, 2.45) is 0 Å². The Kier molecular flexibility index (Phi) is 6.07. The van der Waals surface area contributed by atoms with Crippen LogP contribution in [0.1, 0.15) is 37.3 Å². The smallest absolute Gasteiger partial charge is 0.185 e. The summed E-state index contributed by atoms with van der Waals surface area (Å²) in [6, 6.07) is 0. The Morgan fingerprint density at radius 2 is 2.21 bits per heavy atom. The number of nitrogens with one attached hydrogen (secondary N) is 1. The molecule has 0 aliphatic carbocycles. The lowest BCUT2D eigenvalue weighted by Gasteiger charge is -2.17. The molecule has 0 atom stereocenters. The highest BCUT2D eigenvalue weighted by molar-refractivity contribution is 7.15. The van der Waals surface area contributed by atoms with E-state index in [9.17, 15) is 0 Å². The van der Waals surface area contributed by atoms with Crippen LogP contribution >= 0.6 is 11.3 Å². The molecule has 0 radical (unpaired) electrons. The Balaban J connectivity index is 2.03. The third kappa shape index (κ3) is 4.16. The first kappa shape index (κ1) is 14.8. The number of nitrogens with zero attached hydrogens (tertiary/aromatic N) is 2. The summed E-state index contributed by atoms with van der Waals surface area (Å²) < 4.78 is 5.51. The molecule has 2 heterocycles. The molecule has 19 heavy (non-hydrogen) atoms. The van der Waals surface area contributed by atoms with Crippen molar-refractivity contribution in [1.29, 1.82) is 0 Å². The summed E-state index contributed by atoms with van der Waals surface area (Å²) in [5, 5.41) is 4.66. The van der Waals surface area contributed by atoms with Crippen LogP contribution in [0.25, 0.3) is 0 Å². The van der Waals surface area contributed by atoms with Crippen molar-refractivity contribution in [3.05, 3.63) is 10.6 Å². The van der Waals surface area contributed by atoms with Crippen LogP contribution in [0.5, 0.6) is 0 Å². The molecular formula is C14H25N3OS. The van der Waals surface area contributed by atoms with Crippen LogP contribution < -0.4 is 10.2 Å². The van der Waals surface area contributed by atoms with Gasteiger partial charge in [0.15, 0.2) is 5.13 Å². The molecule has 0 amide bonds. The van der Waals surface area contributed by atoms with Crippen molar-refractivity contribution in [2.75, 3.05) is 37.7 Å². The molecule has 2 rings (SSSR count). The SMILES string of the molecule is CCCNCc1sc(N2CCCOCC2)nc1CC. The summed E-state index contributed by atoms with van der Waals surface area (Å²) >= 11 is 1.85. The molecule has 1 aromatic heterocycles. The normalized spacial score (nSPS) is 16.6. The second-order valence-electron chi connectivity index (χ2n) is 4.85. The van der Waals surface area contributed by atoms with Gasteiger partial charge in [-0.1, -0.05) is 13.8 Å². The zero-order chi connectivity index (χ0) is 13.5.